The molecule has 1 aliphatic heterocycles. The van der Waals surface area contributed by atoms with Crippen molar-refractivity contribution in [2.24, 2.45) is 0 Å². The number of rotatable bonds is 7. The van der Waals surface area contributed by atoms with Gasteiger partial charge in [-0.1, -0.05) is 17.8 Å². The average Bonchev–Trinajstić information content (AvgIpc) is 3.35. The van der Waals surface area contributed by atoms with Gasteiger partial charge in [0.05, 0.1) is 0 Å². The van der Waals surface area contributed by atoms with Crippen LogP contribution in [0.1, 0.15) is 30.4 Å². The molecule has 0 saturated carbocycles. The topological polar surface area (TPSA) is 45.2 Å². The van der Waals surface area contributed by atoms with Gasteiger partial charge >= 0.3 is 0 Å². The molecule has 1 amide bonds. The number of amides is 1. The van der Waals surface area contributed by atoms with Crippen molar-refractivity contribution in [1.82, 2.24) is 9.88 Å². The second-order valence-electron chi connectivity index (χ2n) is 6.64. The highest BCUT2D eigenvalue weighted by molar-refractivity contribution is 8.01. The largest absolute Gasteiger partial charge is 0.383 e. The fourth-order valence-electron chi connectivity index (χ4n) is 3.74. The Balaban J connectivity index is 1.30. The molecule has 1 aromatic heterocycles. The molecule has 1 saturated heterocycles. The lowest BCUT2D eigenvalue weighted by Gasteiger charge is -2.25. The molecule has 2 heterocycles. The summed E-state index contributed by atoms with van der Waals surface area (Å²) in [5, 5.41) is 5.55. The highest BCUT2D eigenvalue weighted by Gasteiger charge is 2.30. The lowest BCUT2D eigenvalue weighted by atomic mass is 10.1. The minimum Gasteiger partial charge on any atom is -0.383 e. The number of hydrogen-bond donors (Lipinski definition) is 1. The van der Waals surface area contributed by atoms with Gasteiger partial charge in [-0.25, -0.2) is 4.98 Å². The molecule has 25 heavy (non-hydrogen) atoms. The number of aromatic nitrogens is 1. The smallest absolute Gasteiger partial charge is 0.222 e. The first-order valence-corrected chi connectivity index (χ1v) is 10.8. The van der Waals surface area contributed by atoms with Gasteiger partial charge in [0.2, 0.25) is 5.91 Å². The average molecular weight is 374 g/mol. The lowest BCUT2D eigenvalue weighted by Crippen LogP contribution is -2.39. The number of thiazole rings is 1. The zero-order chi connectivity index (χ0) is 17.1. The quantitative estimate of drug-likeness (QED) is 0.749. The summed E-state index contributed by atoms with van der Waals surface area (Å²) in [6.45, 7) is 1.64. The molecule has 1 atom stereocenters. The van der Waals surface area contributed by atoms with E-state index >= 15 is 0 Å². The van der Waals surface area contributed by atoms with Crippen LogP contribution < -0.4 is 5.32 Å². The van der Waals surface area contributed by atoms with E-state index in [2.05, 4.69) is 33.4 Å². The Hall–Kier alpha value is -1.53. The van der Waals surface area contributed by atoms with Crippen molar-refractivity contribution >= 4 is 34.7 Å². The van der Waals surface area contributed by atoms with Crippen molar-refractivity contribution in [3.05, 3.63) is 40.9 Å². The number of aryl methyl sites for hydroxylation is 2. The van der Waals surface area contributed by atoms with Crippen LogP contribution in [0.15, 0.2) is 34.1 Å². The monoisotopic (exact) mass is 373 g/mol. The second-order valence-corrected chi connectivity index (χ2v) is 8.88. The molecule has 2 aliphatic rings. The van der Waals surface area contributed by atoms with E-state index in [1.807, 2.05) is 11.6 Å². The summed E-state index contributed by atoms with van der Waals surface area (Å²) < 4.78 is 1.08. The molecule has 0 unspecified atom stereocenters. The van der Waals surface area contributed by atoms with E-state index in [9.17, 15) is 4.79 Å². The van der Waals surface area contributed by atoms with Crippen LogP contribution in [0.3, 0.4) is 0 Å². The van der Waals surface area contributed by atoms with E-state index in [4.69, 9.17) is 0 Å². The predicted molar refractivity (Wildman–Crippen MR) is 105 cm³/mol. The molecule has 1 aromatic carbocycles. The maximum atomic E-state index is 12.2. The van der Waals surface area contributed by atoms with Crippen LogP contribution in [0.5, 0.6) is 0 Å². The van der Waals surface area contributed by atoms with Gasteiger partial charge in [-0.3, -0.25) is 4.79 Å². The van der Waals surface area contributed by atoms with Gasteiger partial charge in [0.15, 0.2) is 0 Å². The van der Waals surface area contributed by atoms with Crippen LogP contribution >= 0.6 is 23.1 Å². The summed E-state index contributed by atoms with van der Waals surface area (Å²) in [5.41, 5.74) is 4.18. The van der Waals surface area contributed by atoms with Gasteiger partial charge in [0, 0.05) is 48.6 Å². The van der Waals surface area contributed by atoms with Crippen molar-refractivity contribution in [2.45, 2.75) is 42.5 Å². The number of thioether (sulfide) groups is 1. The first-order valence-electron chi connectivity index (χ1n) is 8.97. The van der Waals surface area contributed by atoms with E-state index < -0.39 is 0 Å². The molecule has 0 spiro atoms. The molecule has 132 valence electrons. The maximum absolute atomic E-state index is 12.2. The zero-order valence-corrected chi connectivity index (χ0v) is 15.9. The fourth-order valence-corrected chi connectivity index (χ4v) is 5.39. The summed E-state index contributed by atoms with van der Waals surface area (Å²) in [5.74, 6) is 1.20. The van der Waals surface area contributed by atoms with E-state index in [-0.39, 0.29) is 0 Å². The first-order chi connectivity index (χ1) is 12.3. The van der Waals surface area contributed by atoms with Crippen LogP contribution in [0.4, 0.5) is 5.69 Å². The zero-order valence-electron chi connectivity index (χ0n) is 14.2. The van der Waals surface area contributed by atoms with Gasteiger partial charge in [-0.15, -0.1) is 11.3 Å². The minimum absolute atomic E-state index is 0.292. The third kappa shape index (κ3) is 4.01. The Labute approximate surface area is 157 Å². The summed E-state index contributed by atoms with van der Waals surface area (Å²) in [4.78, 5) is 18.6. The molecule has 0 bridgehead atoms. The van der Waals surface area contributed by atoms with E-state index in [1.54, 1.807) is 23.1 Å². The molecule has 0 radical (unpaired) electrons. The van der Waals surface area contributed by atoms with E-state index in [0.717, 1.165) is 29.6 Å². The number of carbonyl (C=O) groups excluding carboxylic acids is 1. The van der Waals surface area contributed by atoms with Crippen LogP contribution in [0.2, 0.25) is 0 Å². The Kier molecular flexibility index (Phi) is 5.27. The lowest BCUT2D eigenvalue weighted by molar-refractivity contribution is -0.128. The number of nitrogens with zero attached hydrogens (tertiary/aromatic N) is 2. The molecule has 1 aliphatic carbocycles. The minimum atomic E-state index is 0.292. The molecule has 6 heteroatoms. The van der Waals surface area contributed by atoms with E-state index in [0.29, 0.717) is 18.4 Å². The van der Waals surface area contributed by atoms with Crippen LogP contribution in [0, 0.1) is 0 Å². The summed E-state index contributed by atoms with van der Waals surface area (Å²) in [6.07, 6.45) is 7.17. The number of fused-ring (bicyclic) bond motifs is 1. The third-order valence-corrected chi connectivity index (χ3v) is 7.01. The molecule has 1 N–H and O–H groups in total. The van der Waals surface area contributed by atoms with Crippen molar-refractivity contribution in [3.63, 3.8) is 0 Å². The first kappa shape index (κ1) is 16.9. The van der Waals surface area contributed by atoms with Crippen molar-refractivity contribution < 1.29 is 4.79 Å². The number of carbonyl (C=O) groups is 1. The van der Waals surface area contributed by atoms with Crippen molar-refractivity contribution in [2.75, 3.05) is 24.2 Å². The van der Waals surface area contributed by atoms with Gasteiger partial charge in [-0.05, 0) is 48.9 Å². The molecule has 4 nitrogen and oxygen atoms in total. The van der Waals surface area contributed by atoms with Crippen molar-refractivity contribution in [3.8, 4) is 0 Å². The Morgan fingerprint density at radius 3 is 3.08 bits per heavy atom. The summed E-state index contributed by atoms with van der Waals surface area (Å²) in [7, 11) is 0. The van der Waals surface area contributed by atoms with Gasteiger partial charge in [0.1, 0.15) is 4.34 Å². The molecular formula is C19H23N3OS2. The van der Waals surface area contributed by atoms with Gasteiger partial charge in [0.25, 0.3) is 0 Å². The Morgan fingerprint density at radius 2 is 2.20 bits per heavy atom. The predicted octanol–water partition coefficient (Wildman–Crippen LogP) is 3.83. The molecular weight excluding hydrogens is 350 g/mol. The van der Waals surface area contributed by atoms with Crippen LogP contribution in [-0.4, -0.2) is 40.7 Å². The second kappa shape index (κ2) is 7.79. The SMILES string of the molecule is O=C1CC[C@H](CNc2ccc3c(c2)CCC3)N1CCSc1nccs1. The number of nitrogens with one attached hydrogen (secondary N) is 1. The van der Waals surface area contributed by atoms with Gasteiger partial charge < -0.3 is 10.2 Å². The summed E-state index contributed by atoms with van der Waals surface area (Å²) in [6, 6.07) is 7.04. The highest BCUT2D eigenvalue weighted by Crippen LogP contribution is 2.26. The fraction of sp³-hybridized carbons (Fsp3) is 0.474. The molecule has 2 aromatic rings. The highest BCUT2D eigenvalue weighted by atomic mass is 32.2. The van der Waals surface area contributed by atoms with E-state index in [1.165, 1.54) is 36.1 Å². The third-order valence-electron chi connectivity index (χ3n) is 5.06. The molecule has 1 fully saturated rings. The number of hydrogen-bond acceptors (Lipinski definition) is 5. The standard InChI is InChI=1S/C19H23N3OS2/c23-18-7-6-17(22(18)9-11-25-19-20-8-10-24-19)13-21-16-5-4-14-2-1-3-15(14)12-16/h4-5,8,10,12,17,21H,1-3,6-7,9,11,13H2/t17-/m1/s1. The normalized spacial score (nSPS) is 19.4. The maximum Gasteiger partial charge on any atom is 0.222 e. The van der Waals surface area contributed by atoms with Crippen LogP contribution in [-0.2, 0) is 17.6 Å². The molecule has 4 rings (SSSR count). The van der Waals surface area contributed by atoms with Crippen LogP contribution in [0.25, 0.3) is 0 Å². The van der Waals surface area contributed by atoms with Crippen molar-refractivity contribution in [1.29, 1.82) is 0 Å². The number of anilines is 1. The number of likely N-dealkylation sites (tertiary alicyclic amines) is 1. The number of benzene rings is 1. The Morgan fingerprint density at radius 1 is 1.28 bits per heavy atom. The van der Waals surface area contributed by atoms with Gasteiger partial charge in [-0.2, -0.15) is 0 Å². The summed E-state index contributed by atoms with van der Waals surface area (Å²) >= 11 is 3.40. The Bertz CT molecular complexity index is 732.